The van der Waals surface area contributed by atoms with E-state index in [-0.39, 0.29) is 5.91 Å². The number of nitrogens with zero attached hydrogens (tertiary/aromatic N) is 1. The maximum absolute atomic E-state index is 12.5. The number of ether oxygens (including phenoxy) is 2. The molecule has 29 heavy (non-hydrogen) atoms. The average Bonchev–Trinajstić information content (AvgIpc) is 3.30. The molecule has 1 saturated heterocycles. The Bertz CT molecular complexity index is 962. The molecular weight excluding hydrogens is 364 g/mol. The van der Waals surface area contributed by atoms with E-state index < -0.39 is 0 Å². The first-order valence-electron chi connectivity index (χ1n) is 9.80. The number of methoxy groups -OCH3 is 1. The summed E-state index contributed by atoms with van der Waals surface area (Å²) in [7, 11) is 1.61. The lowest BCUT2D eigenvalue weighted by Gasteiger charge is -2.17. The molecule has 0 spiro atoms. The number of nitrogens with one attached hydrogen (secondary N) is 1. The van der Waals surface area contributed by atoms with Crippen LogP contribution in [0.15, 0.2) is 72.8 Å². The van der Waals surface area contributed by atoms with Gasteiger partial charge in [0.05, 0.1) is 7.11 Å². The monoisotopic (exact) mass is 388 g/mol. The summed E-state index contributed by atoms with van der Waals surface area (Å²) in [5.41, 5.74) is 2.53. The first-order chi connectivity index (χ1) is 14.2. The normalized spacial score (nSPS) is 13.2. The van der Waals surface area contributed by atoms with Crippen molar-refractivity contribution in [1.29, 1.82) is 0 Å². The van der Waals surface area contributed by atoms with Gasteiger partial charge in [0.1, 0.15) is 5.75 Å². The molecule has 0 unspecified atom stereocenters. The zero-order chi connectivity index (χ0) is 20.1. The van der Waals surface area contributed by atoms with Crippen LogP contribution in [0.2, 0.25) is 0 Å². The second-order valence-corrected chi connectivity index (χ2v) is 6.97. The van der Waals surface area contributed by atoms with E-state index in [1.807, 2.05) is 72.8 Å². The molecule has 1 aliphatic rings. The van der Waals surface area contributed by atoms with Gasteiger partial charge in [-0.1, -0.05) is 12.1 Å². The number of benzene rings is 3. The van der Waals surface area contributed by atoms with E-state index in [0.29, 0.717) is 28.5 Å². The molecular formula is C24H24N2O3. The van der Waals surface area contributed by atoms with Crippen molar-refractivity contribution in [2.24, 2.45) is 0 Å². The summed E-state index contributed by atoms with van der Waals surface area (Å²) < 4.78 is 11.2. The van der Waals surface area contributed by atoms with Crippen LogP contribution >= 0.6 is 0 Å². The predicted molar refractivity (Wildman–Crippen MR) is 115 cm³/mol. The van der Waals surface area contributed by atoms with Crippen LogP contribution in [-0.2, 0) is 0 Å². The Kier molecular flexibility index (Phi) is 5.66. The van der Waals surface area contributed by atoms with Crippen LogP contribution < -0.4 is 19.7 Å². The van der Waals surface area contributed by atoms with E-state index in [2.05, 4.69) is 10.2 Å². The molecule has 1 heterocycles. The molecule has 0 bridgehead atoms. The third kappa shape index (κ3) is 4.51. The maximum Gasteiger partial charge on any atom is 0.255 e. The summed E-state index contributed by atoms with van der Waals surface area (Å²) in [5.74, 6) is 1.85. The van der Waals surface area contributed by atoms with Crippen LogP contribution in [0, 0.1) is 0 Å². The first-order valence-corrected chi connectivity index (χ1v) is 9.80. The van der Waals surface area contributed by atoms with Gasteiger partial charge in [0.2, 0.25) is 0 Å². The summed E-state index contributed by atoms with van der Waals surface area (Å²) in [6.07, 6.45) is 2.47. The lowest BCUT2D eigenvalue weighted by atomic mass is 10.1. The molecule has 5 nitrogen and oxygen atoms in total. The van der Waals surface area contributed by atoms with Gasteiger partial charge in [0.25, 0.3) is 5.91 Å². The summed E-state index contributed by atoms with van der Waals surface area (Å²) in [6.45, 7) is 2.18. The van der Waals surface area contributed by atoms with E-state index in [1.165, 1.54) is 18.5 Å². The van der Waals surface area contributed by atoms with Crippen molar-refractivity contribution in [2.45, 2.75) is 12.8 Å². The summed E-state index contributed by atoms with van der Waals surface area (Å²) >= 11 is 0. The summed E-state index contributed by atoms with van der Waals surface area (Å²) in [4.78, 5) is 14.9. The minimum Gasteiger partial charge on any atom is -0.493 e. The number of carbonyl (C=O) groups excluding carboxylic acids is 1. The van der Waals surface area contributed by atoms with E-state index in [0.717, 1.165) is 13.1 Å². The lowest BCUT2D eigenvalue weighted by molar-refractivity contribution is 0.102. The molecule has 1 amide bonds. The third-order valence-corrected chi connectivity index (χ3v) is 5.01. The van der Waals surface area contributed by atoms with Gasteiger partial charge >= 0.3 is 0 Å². The Morgan fingerprint density at radius 1 is 0.862 bits per heavy atom. The van der Waals surface area contributed by atoms with Crippen LogP contribution in [0.4, 0.5) is 11.4 Å². The van der Waals surface area contributed by atoms with E-state index in [1.54, 1.807) is 7.11 Å². The molecule has 3 aromatic rings. The van der Waals surface area contributed by atoms with Gasteiger partial charge in [-0.15, -0.1) is 0 Å². The van der Waals surface area contributed by atoms with Crippen molar-refractivity contribution < 1.29 is 14.3 Å². The molecule has 3 aromatic carbocycles. The molecule has 0 atom stereocenters. The maximum atomic E-state index is 12.5. The van der Waals surface area contributed by atoms with E-state index in [9.17, 15) is 4.79 Å². The zero-order valence-corrected chi connectivity index (χ0v) is 16.4. The van der Waals surface area contributed by atoms with Gasteiger partial charge in [0, 0.05) is 30.0 Å². The number of anilines is 2. The number of amides is 1. The highest BCUT2D eigenvalue weighted by atomic mass is 16.5. The molecule has 0 aromatic heterocycles. The summed E-state index contributed by atoms with van der Waals surface area (Å²) in [6, 6.07) is 22.5. The molecule has 0 radical (unpaired) electrons. The van der Waals surface area contributed by atoms with Crippen molar-refractivity contribution >= 4 is 17.3 Å². The van der Waals surface area contributed by atoms with Crippen molar-refractivity contribution in [3.63, 3.8) is 0 Å². The third-order valence-electron chi connectivity index (χ3n) is 5.01. The zero-order valence-electron chi connectivity index (χ0n) is 16.4. The molecule has 4 rings (SSSR count). The van der Waals surface area contributed by atoms with Gasteiger partial charge < -0.3 is 19.7 Å². The minimum atomic E-state index is -0.128. The van der Waals surface area contributed by atoms with Crippen LogP contribution in [0.5, 0.6) is 17.2 Å². The largest absolute Gasteiger partial charge is 0.493 e. The fraction of sp³-hybridized carbons (Fsp3) is 0.208. The highest BCUT2D eigenvalue weighted by Crippen LogP contribution is 2.31. The Hall–Kier alpha value is -3.47. The smallest absolute Gasteiger partial charge is 0.255 e. The number of para-hydroxylation sites is 2. The standard InChI is InChI=1S/C24H24N2O3/c1-28-22-6-2-3-7-23(22)29-21-14-10-19(11-15-21)25-24(27)18-8-12-20(13-9-18)26-16-4-5-17-26/h2-3,6-15H,4-5,16-17H2,1H3,(H,25,27). The van der Waals surface area contributed by atoms with Crippen molar-refractivity contribution in [1.82, 2.24) is 0 Å². The molecule has 1 fully saturated rings. The number of rotatable bonds is 6. The fourth-order valence-electron chi connectivity index (χ4n) is 3.44. The van der Waals surface area contributed by atoms with Crippen molar-refractivity contribution in [2.75, 3.05) is 30.4 Å². The topological polar surface area (TPSA) is 50.8 Å². The molecule has 5 heteroatoms. The first kappa shape index (κ1) is 18.9. The SMILES string of the molecule is COc1ccccc1Oc1ccc(NC(=O)c2ccc(N3CCCC3)cc2)cc1. The van der Waals surface area contributed by atoms with Crippen LogP contribution in [0.25, 0.3) is 0 Å². The Labute approximate surface area is 170 Å². The lowest BCUT2D eigenvalue weighted by Crippen LogP contribution is -2.18. The molecule has 1 aliphatic heterocycles. The van der Waals surface area contributed by atoms with Gasteiger partial charge in [-0.2, -0.15) is 0 Å². The van der Waals surface area contributed by atoms with Crippen LogP contribution in [0.1, 0.15) is 23.2 Å². The predicted octanol–water partition coefficient (Wildman–Crippen LogP) is 5.34. The van der Waals surface area contributed by atoms with Crippen molar-refractivity contribution in [3.05, 3.63) is 78.4 Å². The second kappa shape index (κ2) is 8.69. The molecule has 148 valence electrons. The number of carbonyl (C=O) groups is 1. The number of hydrogen-bond acceptors (Lipinski definition) is 4. The average molecular weight is 388 g/mol. The van der Waals surface area contributed by atoms with E-state index in [4.69, 9.17) is 9.47 Å². The molecule has 0 saturated carbocycles. The van der Waals surface area contributed by atoms with Gasteiger partial charge in [-0.25, -0.2) is 0 Å². The Morgan fingerprint density at radius 2 is 1.52 bits per heavy atom. The minimum absolute atomic E-state index is 0.128. The highest BCUT2D eigenvalue weighted by molar-refractivity contribution is 6.04. The number of hydrogen-bond donors (Lipinski definition) is 1. The Morgan fingerprint density at radius 3 is 2.17 bits per heavy atom. The van der Waals surface area contributed by atoms with Crippen LogP contribution in [0.3, 0.4) is 0 Å². The summed E-state index contributed by atoms with van der Waals surface area (Å²) in [5, 5.41) is 2.93. The quantitative estimate of drug-likeness (QED) is 0.619. The second-order valence-electron chi connectivity index (χ2n) is 6.97. The molecule has 1 N–H and O–H groups in total. The Balaban J connectivity index is 1.38. The fourth-order valence-corrected chi connectivity index (χ4v) is 3.44. The highest BCUT2D eigenvalue weighted by Gasteiger charge is 2.13. The van der Waals surface area contributed by atoms with Gasteiger partial charge in [0.15, 0.2) is 11.5 Å². The van der Waals surface area contributed by atoms with E-state index >= 15 is 0 Å². The van der Waals surface area contributed by atoms with Crippen molar-refractivity contribution in [3.8, 4) is 17.2 Å². The van der Waals surface area contributed by atoms with Gasteiger partial charge in [-0.3, -0.25) is 4.79 Å². The molecule has 0 aliphatic carbocycles. The van der Waals surface area contributed by atoms with Crippen LogP contribution in [-0.4, -0.2) is 26.1 Å². The van der Waals surface area contributed by atoms with Gasteiger partial charge in [-0.05, 0) is 73.5 Å².